The van der Waals surface area contributed by atoms with Gasteiger partial charge in [-0.25, -0.2) is 0 Å². The lowest BCUT2D eigenvalue weighted by molar-refractivity contribution is 0.0309. The van der Waals surface area contributed by atoms with E-state index in [-0.39, 0.29) is 6.10 Å². The molecule has 4 heteroatoms. The molecule has 1 saturated carbocycles. The van der Waals surface area contributed by atoms with Gasteiger partial charge in [0.2, 0.25) is 0 Å². The van der Waals surface area contributed by atoms with Gasteiger partial charge < -0.3 is 20.1 Å². The van der Waals surface area contributed by atoms with Crippen LogP contribution in [0, 0.1) is 5.92 Å². The van der Waals surface area contributed by atoms with Crippen molar-refractivity contribution in [3.63, 3.8) is 0 Å². The second-order valence-corrected chi connectivity index (χ2v) is 6.64. The first-order valence-electron chi connectivity index (χ1n) is 8.60. The van der Waals surface area contributed by atoms with Gasteiger partial charge in [0.05, 0.1) is 12.7 Å². The number of benzene rings is 1. The molecule has 0 radical (unpaired) electrons. The van der Waals surface area contributed by atoms with Gasteiger partial charge in [0, 0.05) is 38.0 Å². The molecule has 0 spiro atoms. The van der Waals surface area contributed by atoms with Gasteiger partial charge >= 0.3 is 0 Å². The lowest BCUT2D eigenvalue weighted by Gasteiger charge is -2.34. The molecule has 1 atom stereocenters. The van der Waals surface area contributed by atoms with Crippen LogP contribution in [0.2, 0.25) is 0 Å². The molecule has 2 N–H and O–H groups in total. The van der Waals surface area contributed by atoms with E-state index in [1.54, 1.807) is 0 Å². The maximum atomic E-state index is 9.95. The van der Waals surface area contributed by atoms with Crippen molar-refractivity contribution in [1.82, 2.24) is 5.32 Å². The molecule has 1 aliphatic heterocycles. The van der Waals surface area contributed by atoms with Crippen LogP contribution in [0.25, 0.3) is 0 Å². The Kier molecular flexibility index (Phi) is 5.70. The van der Waals surface area contributed by atoms with Gasteiger partial charge in [0.15, 0.2) is 0 Å². The van der Waals surface area contributed by atoms with Crippen LogP contribution in [0.3, 0.4) is 0 Å². The lowest BCUT2D eigenvalue weighted by atomic mass is 10.0. The zero-order valence-electron chi connectivity index (χ0n) is 13.3. The minimum Gasteiger partial charge on any atom is -0.389 e. The molecule has 4 nitrogen and oxygen atoms in total. The minimum absolute atomic E-state index is 0.383. The van der Waals surface area contributed by atoms with Crippen LogP contribution in [0.4, 0.5) is 5.69 Å². The molecule has 2 fully saturated rings. The van der Waals surface area contributed by atoms with Crippen LogP contribution in [0.1, 0.15) is 25.7 Å². The Bertz CT molecular complexity index is 428. The molecule has 1 heterocycles. The summed E-state index contributed by atoms with van der Waals surface area (Å²) in [5, 5.41) is 13.4. The number of piperidine rings is 1. The zero-order chi connectivity index (χ0) is 15.2. The van der Waals surface area contributed by atoms with E-state index in [1.807, 2.05) is 0 Å². The fourth-order valence-electron chi connectivity index (χ4n) is 3.00. The summed E-state index contributed by atoms with van der Waals surface area (Å²) in [5.74, 6) is 0.766. The first kappa shape index (κ1) is 15.8. The SMILES string of the molecule is OC(CNC1CCN(c2ccccc2)CC1)COCC1CC1. The second kappa shape index (κ2) is 7.95. The standard InChI is InChI=1S/C18H28N2O2/c21-18(14-22-13-15-6-7-15)12-19-16-8-10-20(11-9-16)17-4-2-1-3-5-17/h1-5,15-16,18-19,21H,6-14H2. The van der Waals surface area contributed by atoms with Crippen molar-refractivity contribution in [1.29, 1.82) is 0 Å². The predicted octanol–water partition coefficient (Wildman–Crippen LogP) is 2.03. The highest BCUT2D eigenvalue weighted by atomic mass is 16.5. The highest BCUT2D eigenvalue weighted by molar-refractivity contribution is 5.46. The number of rotatable bonds is 8. The third-order valence-electron chi connectivity index (χ3n) is 4.62. The van der Waals surface area contributed by atoms with Crippen LogP contribution >= 0.6 is 0 Å². The molecular weight excluding hydrogens is 276 g/mol. The molecule has 0 bridgehead atoms. The van der Waals surface area contributed by atoms with E-state index < -0.39 is 0 Å². The molecule has 1 aromatic carbocycles. The molecule has 1 saturated heterocycles. The lowest BCUT2D eigenvalue weighted by Crippen LogP contribution is -2.45. The average Bonchev–Trinajstić information content (AvgIpc) is 3.39. The van der Waals surface area contributed by atoms with Gasteiger partial charge in [-0.2, -0.15) is 0 Å². The molecule has 0 amide bonds. The number of aliphatic hydroxyl groups is 1. The topological polar surface area (TPSA) is 44.7 Å². The van der Waals surface area contributed by atoms with Crippen molar-refractivity contribution in [3.05, 3.63) is 30.3 Å². The summed E-state index contributed by atoms with van der Waals surface area (Å²) < 4.78 is 5.54. The smallest absolute Gasteiger partial charge is 0.0897 e. The molecule has 22 heavy (non-hydrogen) atoms. The normalized spacial score (nSPS) is 21.0. The van der Waals surface area contributed by atoms with Crippen molar-refractivity contribution in [2.45, 2.75) is 37.8 Å². The van der Waals surface area contributed by atoms with E-state index in [2.05, 4.69) is 40.5 Å². The van der Waals surface area contributed by atoms with Gasteiger partial charge in [-0.1, -0.05) is 18.2 Å². The fraction of sp³-hybridized carbons (Fsp3) is 0.667. The van der Waals surface area contributed by atoms with Crippen LogP contribution < -0.4 is 10.2 Å². The molecule has 0 aromatic heterocycles. The summed E-state index contributed by atoms with van der Waals surface area (Å²) in [7, 11) is 0. The first-order valence-corrected chi connectivity index (χ1v) is 8.60. The van der Waals surface area contributed by atoms with E-state index >= 15 is 0 Å². The average molecular weight is 304 g/mol. The summed E-state index contributed by atoms with van der Waals surface area (Å²) in [6.45, 7) is 4.09. The maximum Gasteiger partial charge on any atom is 0.0897 e. The third-order valence-corrected chi connectivity index (χ3v) is 4.62. The summed E-state index contributed by atoms with van der Waals surface area (Å²) in [4.78, 5) is 2.44. The van der Waals surface area contributed by atoms with E-state index in [0.717, 1.165) is 38.5 Å². The highest BCUT2D eigenvalue weighted by Gasteiger charge is 2.22. The molecule has 1 aromatic rings. The highest BCUT2D eigenvalue weighted by Crippen LogP contribution is 2.28. The number of nitrogens with one attached hydrogen (secondary N) is 1. The number of nitrogens with zero attached hydrogens (tertiary/aromatic N) is 1. The maximum absolute atomic E-state index is 9.95. The first-order chi connectivity index (χ1) is 10.8. The second-order valence-electron chi connectivity index (χ2n) is 6.64. The minimum atomic E-state index is -0.383. The van der Waals surface area contributed by atoms with E-state index in [0.29, 0.717) is 19.2 Å². The molecule has 1 unspecified atom stereocenters. The number of ether oxygens (including phenoxy) is 1. The number of anilines is 1. The quantitative estimate of drug-likeness (QED) is 0.771. The van der Waals surface area contributed by atoms with Gasteiger partial charge in [-0.15, -0.1) is 0 Å². The number of para-hydroxylation sites is 1. The van der Waals surface area contributed by atoms with Crippen molar-refractivity contribution in [2.75, 3.05) is 37.7 Å². The third kappa shape index (κ3) is 4.97. The molecule has 122 valence electrons. The van der Waals surface area contributed by atoms with Crippen LogP contribution in [0.15, 0.2) is 30.3 Å². The van der Waals surface area contributed by atoms with E-state index in [1.165, 1.54) is 18.5 Å². The zero-order valence-corrected chi connectivity index (χ0v) is 13.3. The van der Waals surface area contributed by atoms with Gasteiger partial charge in [-0.3, -0.25) is 0 Å². The van der Waals surface area contributed by atoms with Crippen molar-refractivity contribution in [3.8, 4) is 0 Å². The van der Waals surface area contributed by atoms with E-state index in [9.17, 15) is 5.11 Å². The van der Waals surface area contributed by atoms with Gasteiger partial charge in [-0.05, 0) is 43.7 Å². The van der Waals surface area contributed by atoms with Crippen LogP contribution in [-0.2, 0) is 4.74 Å². The molecule has 2 aliphatic rings. The van der Waals surface area contributed by atoms with Crippen molar-refractivity contribution < 1.29 is 9.84 Å². The number of hydrogen-bond donors (Lipinski definition) is 2. The Morgan fingerprint density at radius 3 is 2.55 bits per heavy atom. The monoisotopic (exact) mass is 304 g/mol. The Hall–Kier alpha value is -1.10. The molecular formula is C18H28N2O2. The fourth-order valence-corrected chi connectivity index (χ4v) is 3.00. The predicted molar refractivity (Wildman–Crippen MR) is 89.2 cm³/mol. The summed E-state index contributed by atoms with van der Waals surface area (Å²) in [6.07, 6.45) is 4.48. The Morgan fingerprint density at radius 2 is 1.86 bits per heavy atom. The van der Waals surface area contributed by atoms with Crippen molar-refractivity contribution >= 4 is 5.69 Å². The van der Waals surface area contributed by atoms with Crippen LogP contribution in [-0.4, -0.2) is 50.1 Å². The Morgan fingerprint density at radius 1 is 1.14 bits per heavy atom. The summed E-state index contributed by atoms with van der Waals surface area (Å²) >= 11 is 0. The van der Waals surface area contributed by atoms with Crippen LogP contribution in [0.5, 0.6) is 0 Å². The van der Waals surface area contributed by atoms with Gasteiger partial charge in [0.1, 0.15) is 0 Å². The molecule has 1 aliphatic carbocycles. The summed E-state index contributed by atoms with van der Waals surface area (Å²) in [5.41, 5.74) is 1.31. The number of hydrogen-bond acceptors (Lipinski definition) is 4. The Balaban J connectivity index is 1.30. The van der Waals surface area contributed by atoms with Crippen molar-refractivity contribution in [2.24, 2.45) is 5.92 Å². The summed E-state index contributed by atoms with van der Waals surface area (Å²) in [6, 6.07) is 11.1. The molecule has 3 rings (SSSR count). The Labute approximate surface area is 133 Å². The van der Waals surface area contributed by atoms with Gasteiger partial charge in [0.25, 0.3) is 0 Å². The van der Waals surface area contributed by atoms with E-state index in [4.69, 9.17) is 4.74 Å². The largest absolute Gasteiger partial charge is 0.389 e. The number of aliphatic hydroxyl groups excluding tert-OH is 1.